The van der Waals surface area contributed by atoms with E-state index < -0.39 is 6.17 Å². The largest absolute Gasteiger partial charge is 0.450 e. The first-order valence-corrected chi connectivity index (χ1v) is 10.7. The summed E-state index contributed by atoms with van der Waals surface area (Å²) in [5.74, 6) is 0. The van der Waals surface area contributed by atoms with Crippen LogP contribution in [0.3, 0.4) is 0 Å². The van der Waals surface area contributed by atoms with Gasteiger partial charge in [0.15, 0.2) is 0 Å². The monoisotopic (exact) mass is 383 g/mol. The van der Waals surface area contributed by atoms with Crippen molar-refractivity contribution in [1.29, 1.82) is 0 Å². The summed E-state index contributed by atoms with van der Waals surface area (Å²) >= 11 is 0. The van der Waals surface area contributed by atoms with E-state index in [-0.39, 0.29) is 18.7 Å². The smallest absolute Gasteiger partial charge is 0.409 e. The van der Waals surface area contributed by atoms with E-state index in [1.54, 1.807) is 0 Å². The van der Waals surface area contributed by atoms with Crippen LogP contribution in [0.4, 0.5) is 9.18 Å². The van der Waals surface area contributed by atoms with Gasteiger partial charge in [-0.3, -0.25) is 4.90 Å². The molecule has 0 radical (unpaired) electrons. The third-order valence-electron chi connectivity index (χ3n) is 7.40. The minimum atomic E-state index is -0.781. The molecular weight excluding hydrogens is 349 g/mol. The number of halogens is 1. The van der Waals surface area contributed by atoms with E-state index in [4.69, 9.17) is 4.74 Å². The van der Waals surface area contributed by atoms with Gasteiger partial charge in [-0.1, -0.05) is 0 Å². The van der Waals surface area contributed by atoms with Crippen LogP contribution in [0.2, 0.25) is 0 Å². The molecule has 1 saturated carbocycles. The van der Waals surface area contributed by atoms with Crippen molar-refractivity contribution in [2.75, 3.05) is 45.9 Å². The van der Waals surface area contributed by atoms with Crippen molar-refractivity contribution >= 4 is 6.09 Å². The highest BCUT2D eigenvalue weighted by molar-refractivity contribution is 5.68. The van der Waals surface area contributed by atoms with Gasteiger partial charge in [0.1, 0.15) is 6.17 Å². The van der Waals surface area contributed by atoms with E-state index >= 15 is 0 Å². The van der Waals surface area contributed by atoms with Gasteiger partial charge in [0, 0.05) is 37.8 Å². The molecule has 0 bridgehead atoms. The summed E-state index contributed by atoms with van der Waals surface area (Å²) in [6, 6.07) is 1.06. The Labute approximate surface area is 161 Å². The average Bonchev–Trinajstić information content (AvgIpc) is 3.25. The number of amides is 1. The first-order valence-electron chi connectivity index (χ1n) is 10.7. The SMILES string of the molecule is CCOC(=O)N1CCC2(CC(N3CCC(N4CC(F)C[C@@H]4CO)CC3)C2)C1. The van der Waals surface area contributed by atoms with E-state index in [1.165, 1.54) is 12.8 Å². The highest BCUT2D eigenvalue weighted by atomic mass is 19.1. The fourth-order valence-corrected chi connectivity index (χ4v) is 5.93. The van der Waals surface area contributed by atoms with Crippen LogP contribution < -0.4 is 0 Å². The van der Waals surface area contributed by atoms with Crippen molar-refractivity contribution in [3.05, 3.63) is 0 Å². The normalized spacial score (nSPS) is 38.5. The topological polar surface area (TPSA) is 56.2 Å². The number of aliphatic hydroxyl groups is 1. The third kappa shape index (κ3) is 3.83. The maximum atomic E-state index is 13.7. The van der Waals surface area contributed by atoms with Crippen molar-refractivity contribution in [2.24, 2.45) is 5.41 Å². The quantitative estimate of drug-likeness (QED) is 0.803. The van der Waals surface area contributed by atoms with Gasteiger partial charge in [-0.05, 0) is 64.0 Å². The second-order valence-corrected chi connectivity index (χ2v) is 9.07. The number of carbonyl (C=O) groups excluding carboxylic acids is 1. The highest BCUT2D eigenvalue weighted by Crippen LogP contribution is 2.50. The molecule has 1 unspecified atom stereocenters. The second kappa shape index (κ2) is 7.84. The van der Waals surface area contributed by atoms with Crippen LogP contribution in [-0.2, 0) is 4.74 Å². The van der Waals surface area contributed by atoms with Crippen LogP contribution in [0.25, 0.3) is 0 Å². The Morgan fingerprint density at radius 1 is 1.22 bits per heavy atom. The molecule has 4 aliphatic rings. The fourth-order valence-electron chi connectivity index (χ4n) is 5.93. The van der Waals surface area contributed by atoms with Crippen LogP contribution in [-0.4, -0.2) is 96.1 Å². The fraction of sp³-hybridized carbons (Fsp3) is 0.950. The maximum absolute atomic E-state index is 13.7. The van der Waals surface area contributed by atoms with Crippen molar-refractivity contribution in [3.8, 4) is 0 Å². The Balaban J connectivity index is 1.22. The van der Waals surface area contributed by atoms with Crippen molar-refractivity contribution in [3.63, 3.8) is 0 Å². The number of nitrogens with zero attached hydrogens (tertiary/aromatic N) is 3. The Bertz CT molecular complexity index is 535. The minimum Gasteiger partial charge on any atom is -0.450 e. The summed E-state index contributed by atoms with van der Waals surface area (Å²) in [4.78, 5) is 18.6. The first kappa shape index (κ1) is 19.4. The number of aliphatic hydroxyl groups excluding tert-OH is 1. The van der Waals surface area contributed by atoms with Gasteiger partial charge < -0.3 is 19.6 Å². The van der Waals surface area contributed by atoms with Crippen LogP contribution in [0.15, 0.2) is 0 Å². The molecule has 0 aromatic rings. The molecule has 27 heavy (non-hydrogen) atoms. The van der Waals surface area contributed by atoms with Gasteiger partial charge in [-0.15, -0.1) is 0 Å². The van der Waals surface area contributed by atoms with Gasteiger partial charge in [0.25, 0.3) is 0 Å². The zero-order valence-corrected chi connectivity index (χ0v) is 16.5. The van der Waals surface area contributed by atoms with E-state index in [9.17, 15) is 14.3 Å². The zero-order chi connectivity index (χ0) is 19.0. The summed E-state index contributed by atoms with van der Waals surface area (Å²) in [5, 5.41) is 9.53. The Morgan fingerprint density at radius 3 is 2.63 bits per heavy atom. The summed E-state index contributed by atoms with van der Waals surface area (Å²) in [6.07, 6.45) is 5.15. The molecular formula is C20H34FN3O3. The van der Waals surface area contributed by atoms with E-state index in [0.29, 0.717) is 37.1 Å². The molecule has 1 aliphatic carbocycles. The van der Waals surface area contributed by atoms with Gasteiger partial charge in [0.2, 0.25) is 0 Å². The molecule has 4 rings (SSSR count). The first-order chi connectivity index (χ1) is 13.0. The number of alkyl halides is 1. The highest BCUT2D eigenvalue weighted by Gasteiger charge is 2.51. The molecule has 3 saturated heterocycles. The molecule has 3 heterocycles. The number of hydrogen-bond acceptors (Lipinski definition) is 5. The van der Waals surface area contributed by atoms with Crippen LogP contribution in [0.5, 0.6) is 0 Å². The van der Waals surface area contributed by atoms with Gasteiger partial charge in [-0.25, -0.2) is 9.18 Å². The van der Waals surface area contributed by atoms with Crippen LogP contribution in [0, 0.1) is 5.41 Å². The number of ether oxygens (including phenoxy) is 1. The lowest BCUT2D eigenvalue weighted by molar-refractivity contribution is -0.0196. The molecule has 0 aromatic carbocycles. The van der Waals surface area contributed by atoms with E-state index in [1.807, 2.05) is 11.8 Å². The van der Waals surface area contributed by atoms with E-state index in [2.05, 4.69) is 9.80 Å². The van der Waals surface area contributed by atoms with Crippen molar-refractivity contribution in [1.82, 2.24) is 14.7 Å². The second-order valence-electron chi connectivity index (χ2n) is 9.07. The number of piperidine rings is 1. The Morgan fingerprint density at radius 2 is 1.96 bits per heavy atom. The van der Waals surface area contributed by atoms with Gasteiger partial charge in [0.05, 0.1) is 13.2 Å². The summed E-state index contributed by atoms with van der Waals surface area (Å²) in [6.45, 7) is 6.67. The van der Waals surface area contributed by atoms with Crippen LogP contribution in [0.1, 0.15) is 45.4 Å². The summed E-state index contributed by atoms with van der Waals surface area (Å²) < 4.78 is 18.9. The van der Waals surface area contributed by atoms with E-state index in [0.717, 1.165) is 45.4 Å². The standard InChI is InChI=1S/C20H34FN3O3/c1-2-27-19(26)23-8-5-20(14-23)10-18(11-20)22-6-3-16(4-7-22)24-12-15(21)9-17(24)13-25/h15-18,25H,2-14H2,1H3/t15?,17-,18?,20?/m1/s1. The molecule has 6 nitrogen and oxygen atoms in total. The minimum absolute atomic E-state index is 0.0101. The summed E-state index contributed by atoms with van der Waals surface area (Å²) in [5.41, 5.74) is 0.312. The van der Waals surface area contributed by atoms with Crippen molar-refractivity contribution < 1.29 is 19.0 Å². The Kier molecular flexibility index (Phi) is 5.63. The zero-order valence-electron chi connectivity index (χ0n) is 16.5. The lowest BCUT2D eigenvalue weighted by Gasteiger charge is -2.52. The lowest BCUT2D eigenvalue weighted by Crippen LogP contribution is -2.56. The molecule has 1 amide bonds. The summed E-state index contributed by atoms with van der Waals surface area (Å²) in [7, 11) is 0. The lowest BCUT2D eigenvalue weighted by atomic mass is 9.64. The van der Waals surface area contributed by atoms with Crippen molar-refractivity contribution in [2.45, 2.75) is 69.7 Å². The Hall–Kier alpha value is -0.920. The average molecular weight is 384 g/mol. The maximum Gasteiger partial charge on any atom is 0.409 e. The third-order valence-corrected chi connectivity index (χ3v) is 7.40. The number of hydrogen-bond donors (Lipinski definition) is 1. The van der Waals surface area contributed by atoms with Gasteiger partial charge >= 0.3 is 6.09 Å². The molecule has 2 atom stereocenters. The molecule has 0 aromatic heterocycles. The molecule has 154 valence electrons. The molecule has 4 fully saturated rings. The van der Waals surface area contributed by atoms with Gasteiger partial charge in [-0.2, -0.15) is 0 Å². The molecule has 3 aliphatic heterocycles. The molecule has 7 heteroatoms. The number of likely N-dealkylation sites (tertiary alicyclic amines) is 3. The number of rotatable bonds is 4. The molecule has 1 N–H and O–H groups in total. The predicted octanol–water partition coefficient (Wildman–Crippen LogP) is 1.87. The number of carbonyl (C=O) groups is 1. The predicted molar refractivity (Wildman–Crippen MR) is 100 cm³/mol. The van der Waals surface area contributed by atoms with Crippen LogP contribution >= 0.6 is 0 Å². The molecule has 1 spiro atoms.